The van der Waals surface area contributed by atoms with Crippen LogP contribution in [0.15, 0.2) is 30.6 Å². The lowest BCUT2D eigenvalue weighted by Crippen LogP contribution is -1.96. The Balaban J connectivity index is 2.37. The molecule has 0 atom stereocenters. The lowest BCUT2D eigenvalue weighted by atomic mass is 10.1. The van der Waals surface area contributed by atoms with Crippen LogP contribution < -0.4 is 0 Å². The summed E-state index contributed by atoms with van der Waals surface area (Å²) >= 11 is 0. The Bertz CT molecular complexity index is 786. The first-order chi connectivity index (χ1) is 9.09. The molecule has 0 unspecified atom stereocenters. The Labute approximate surface area is 107 Å². The number of aromatic amines is 1. The minimum atomic E-state index is -1.06. The minimum Gasteiger partial charge on any atom is -0.507 e. The van der Waals surface area contributed by atoms with Gasteiger partial charge in [-0.25, -0.2) is 4.79 Å². The Morgan fingerprint density at radius 3 is 2.95 bits per heavy atom. The molecule has 3 rings (SSSR count). The van der Waals surface area contributed by atoms with E-state index < -0.39 is 5.97 Å². The number of aromatic carboxylic acids is 1. The number of carbonyl (C=O) groups is 1. The zero-order valence-electron chi connectivity index (χ0n) is 10.1. The van der Waals surface area contributed by atoms with Crippen LogP contribution in [0.5, 0.6) is 5.75 Å². The van der Waals surface area contributed by atoms with Gasteiger partial charge in [-0.3, -0.25) is 5.10 Å². The highest BCUT2D eigenvalue weighted by molar-refractivity contribution is 6.04. The summed E-state index contributed by atoms with van der Waals surface area (Å²) in [7, 11) is 1.84. The summed E-state index contributed by atoms with van der Waals surface area (Å²) in [6, 6.07) is 5.17. The second-order valence-electron chi connectivity index (χ2n) is 4.29. The Morgan fingerprint density at radius 1 is 1.42 bits per heavy atom. The number of carboxylic acids is 1. The van der Waals surface area contributed by atoms with Gasteiger partial charge >= 0.3 is 5.97 Å². The number of hydrogen-bond donors (Lipinski definition) is 3. The van der Waals surface area contributed by atoms with E-state index in [1.54, 1.807) is 18.3 Å². The molecule has 3 aromatic rings. The van der Waals surface area contributed by atoms with E-state index in [9.17, 15) is 9.90 Å². The van der Waals surface area contributed by atoms with Crippen molar-refractivity contribution >= 4 is 16.9 Å². The fraction of sp³-hybridized carbons (Fsp3) is 0.0769. The number of hydrogen-bond acceptors (Lipinski definition) is 3. The van der Waals surface area contributed by atoms with Crippen molar-refractivity contribution in [1.82, 2.24) is 14.8 Å². The Kier molecular flexibility index (Phi) is 2.31. The zero-order valence-corrected chi connectivity index (χ0v) is 10.1. The average Bonchev–Trinajstić information content (AvgIpc) is 2.95. The van der Waals surface area contributed by atoms with Gasteiger partial charge in [0.05, 0.1) is 22.8 Å². The van der Waals surface area contributed by atoms with Crippen molar-refractivity contribution in [2.24, 2.45) is 7.05 Å². The van der Waals surface area contributed by atoms with Crippen LogP contribution in [-0.4, -0.2) is 30.9 Å². The van der Waals surface area contributed by atoms with Crippen LogP contribution in [0.1, 0.15) is 10.4 Å². The molecular weight excluding hydrogens is 246 g/mol. The second-order valence-corrected chi connectivity index (χ2v) is 4.29. The maximum atomic E-state index is 11.2. The topological polar surface area (TPSA) is 91.1 Å². The van der Waals surface area contributed by atoms with E-state index in [1.807, 2.05) is 17.7 Å². The quantitative estimate of drug-likeness (QED) is 0.654. The number of aromatic nitrogens is 3. The number of H-pyrrole nitrogens is 1. The predicted molar refractivity (Wildman–Crippen MR) is 69.1 cm³/mol. The van der Waals surface area contributed by atoms with Gasteiger partial charge in [0.1, 0.15) is 11.3 Å². The Morgan fingerprint density at radius 2 is 2.21 bits per heavy atom. The van der Waals surface area contributed by atoms with Gasteiger partial charge in [-0.05, 0) is 12.1 Å². The van der Waals surface area contributed by atoms with Crippen LogP contribution in [0.2, 0.25) is 0 Å². The van der Waals surface area contributed by atoms with E-state index in [-0.39, 0.29) is 11.3 Å². The maximum Gasteiger partial charge on any atom is 0.339 e. The molecule has 0 aliphatic carbocycles. The number of aromatic hydroxyl groups is 1. The fourth-order valence-corrected chi connectivity index (χ4v) is 2.27. The molecule has 0 aliphatic rings. The molecule has 19 heavy (non-hydrogen) atoms. The summed E-state index contributed by atoms with van der Waals surface area (Å²) in [5, 5.41) is 26.2. The summed E-state index contributed by atoms with van der Waals surface area (Å²) in [6.07, 6.45) is 3.03. The van der Waals surface area contributed by atoms with Crippen LogP contribution in [0, 0.1) is 0 Å². The van der Waals surface area contributed by atoms with E-state index in [0.717, 1.165) is 5.52 Å². The summed E-state index contributed by atoms with van der Waals surface area (Å²) in [5.74, 6) is -0.949. The highest BCUT2D eigenvalue weighted by Gasteiger charge is 2.19. The molecule has 0 fully saturated rings. The molecule has 2 aromatic heterocycles. The molecular formula is C13H11N3O3. The molecule has 1 aromatic carbocycles. The normalized spacial score (nSPS) is 11.0. The van der Waals surface area contributed by atoms with Gasteiger partial charge in [-0.1, -0.05) is 6.07 Å². The summed E-state index contributed by atoms with van der Waals surface area (Å²) in [5.41, 5.74) is 1.90. The fourth-order valence-electron chi connectivity index (χ4n) is 2.27. The number of aryl methyl sites for hydroxylation is 1. The average molecular weight is 257 g/mol. The molecule has 0 amide bonds. The van der Waals surface area contributed by atoms with Gasteiger partial charge in [0.15, 0.2) is 0 Å². The molecule has 0 spiro atoms. The van der Waals surface area contributed by atoms with Crippen molar-refractivity contribution in [3.63, 3.8) is 0 Å². The first kappa shape index (κ1) is 11.3. The van der Waals surface area contributed by atoms with Crippen LogP contribution in [-0.2, 0) is 7.05 Å². The first-order valence-corrected chi connectivity index (χ1v) is 5.63. The van der Waals surface area contributed by atoms with Crippen LogP contribution in [0.4, 0.5) is 0 Å². The monoisotopic (exact) mass is 257 g/mol. The largest absolute Gasteiger partial charge is 0.507 e. The van der Waals surface area contributed by atoms with Crippen molar-refractivity contribution in [1.29, 1.82) is 0 Å². The van der Waals surface area contributed by atoms with Crippen molar-refractivity contribution in [3.05, 3.63) is 36.2 Å². The number of rotatable bonds is 2. The highest BCUT2D eigenvalue weighted by Crippen LogP contribution is 2.36. The van der Waals surface area contributed by atoms with Crippen molar-refractivity contribution < 1.29 is 15.0 Å². The van der Waals surface area contributed by atoms with E-state index in [1.165, 1.54) is 6.20 Å². The number of phenolic OH excluding ortho intramolecular Hbond substituents is 1. The third-order valence-electron chi connectivity index (χ3n) is 3.13. The number of benzene rings is 1. The highest BCUT2D eigenvalue weighted by atomic mass is 16.4. The summed E-state index contributed by atoms with van der Waals surface area (Å²) in [4.78, 5) is 11.2. The molecule has 6 heteroatoms. The van der Waals surface area contributed by atoms with Gasteiger partial charge < -0.3 is 14.8 Å². The lowest BCUT2D eigenvalue weighted by Gasteiger charge is -2.00. The van der Waals surface area contributed by atoms with E-state index in [2.05, 4.69) is 10.2 Å². The standard InChI is InChI=1S/C13H11N3O3/c1-16-6-8(11-9(16)3-2-4-10(11)17)12-7(13(18)19)5-14-15-12/h2-6,17H,1H3,(H,14,15)(H,18,19). The van der Waals surface area contributed by atoms with Gasteiger partial charge in [0.2, 0.25) is 0 Å². The zero-order chi connectivity index (χ0) is 13.6. The molecule has 0 saturated carbocycles. The molecule has 0 aliphatic heterocycles. The molecule has 96 valence electrons. The van der Waals surface area contributed by atoms with Crippen LogP contribution in [0.3, 0.4) is 0 Å². The number of nitrogens with zero attached hydrogens (tertiary/aromatic N) is 2. The van der Waals surface area contributed by atoms with Gasteiger partial charge in [0, 0.05) is 18.8 Å². The number of nitrogens with one attached hydrogen (secondary N) is 1. The number of carboxylic acid groups (broad SMARTS) is 1. The minimum absolute atomic E-state index is 0.0794. The van der Waals surface area contributed by atoms with Crippen LogP contribution in [0.25, 0.3) is 22.2 Å². The molecule has 0 radical (unpaired) electrons. The van der Waals surface area contributed by atoms with E-state index >= 15 is 0 Å². The summed E-state index contributed by atoms with van der Waals surface area (Å²) < 4.78 is 1.83. The van der Waals surface area contributed by atoms with Crippen molar-refractivity contribution in [2.45, 2.75) is 0 Å². The SMILES string of the molecule is Cn1cc(-c2[nH]ncc2C(=O)O)c2c(O)cccc21. The first-order valence-electron chi connectivity index (χ1n) is 5.63. The Hall–Kier alpha value is -2.76. The lowest BCUT2D eigenvalue weighted by molar-refractivity contribution is 0.0698. The maximum absolute atomic E-state index is 11.2. The molecule has 6 nitrogen and oxygen atoms in total. The molecule has 0 saturated heterocycles. The summed E-state index contributed by atoms with van der Waals surface area (Å²) in [6.45, 7) is 0. The van der Waals surface area contributed by atoms with Gasteiger partial charge in [0.25, 0.3) is 0 Å². The number of fused-ring (bicyclic) bond motifs is 1. The number of phenols is 1. The molecule has 2 heterocycles. The van der Waals surface area contributed by atoms with Crippen molar-refractivity contribution in [3.8, 4) is 17.0 Å². The predicted octanol–water partition coefficient (Wildman–Crippen LogP) is 1.97. The smallest absolute Gasteiger partial charge is 0.339 e. The third kappa shape index (κ3) is 1.57. The second kappa shape index (κ2) is 3.88. The van der Waals surface area contributed by atoms with Crippen molar-refractivity contribution in [2.75, 3.05) is 0 Å². The van der Waals surface area contributed by atoms with E-state index in [4.69, 9.17) is 5.11 Å². The van der Waals surface area contributed by atoms with Crippen LogP contribution >= 0.6 is 0 Å². The van der Waals surface area contributed by atoms with Gasteiger partial charge in [-0.15, -0.1) is 0 Å². The van der Waals surface area contributed by atoms with E-state index in [0.29, 0.717) is 16.6 Å². The third-order valence-corrected chi connectivity index (χ3v) is 3.13. The van der Waals surface area contributed by atoms with Gasteiger partial charge in [-0.2, -0.15) is 5.10 Å². The molecule has 0 bridgehead atoms. The molecule has 3 N–H and O–H groups in total.